The van der Waals surface area contributed by atoms with E-state index in [1.165, 1.54) is 18.2 Å². The van der Waals surface area contributed by atoms with Crippen LogP contribution in [0.2, 0.25) is 0 Å². The third kappa shape index (κ3) is 5.71. The topological polar surface area (TPSA) is 117 Å². The molecule has 3 amide bonds. The van der Waals surface area contributed by atoms with Crippen LogP contribution in [0.25, 0.3) is 6.08 Å². The molecule has 8 nitrogen and oxygen atoms in total. The molecule has 0 saturated heterocycles. The molecular formula is C25H23N3O5. The second-order valence-corrected chi connectivity index (χ2v) is 7.38. The minimum absolute atomic E-state index is 0.0169. The Morgan fingerprint density at radius 3 is 2.27 bits per heavy atom. The Hall–Kier alpha value is -4.25. The van der Waals surface area contributed by atoms with E-state index in [1.54, 1.807) is 36.4 Å². The van der Waals surface area contributed by atoms with Gasteiger partial charge >= 0.3 is 5.97 Å². The number of imide groups is 1. The summed E-state index contributed by atoms with van der Waals surface area (Å²) >= 11 is 0. The highest BCUT2D eigenvalue weighted by Gasteiger charge is 2.35. The molecule has 1 heterocycles. The average molecular weight is 445 g/mol. The number of esters is 1. The molecule has 0 bridgehead atoms. The summed E-state index contributed by atoms with van der Waals surface area (Å²) in [7, 11) is 0. The lowest BCUT2D eigenvalue weighted by Crippen LogP contribution is -2.32. The number of carbonyl (C=O) groups is 4. The summed E-state index contributed by atoms with van der Waals surface area (Å²) in [5.74, 6) is -1.61. The Morgan fingerprint density at radius 2 is 1.70 bits per heavy atom. The third-order valence-corrected chi connectivity index (χ3v) is 5.02. The lowest BCUT2D eigenvalue weighted by Gasteiger charge is -2.13. The molecule has 168 valence electrons. The summed E-state index contributed by atoms with van der Waals surface area (Å²) in [4.78, 5) is 50.0. The largest absolute Gasteiger partial charge is 0.426 e. The second-order valence-electron chi connectivity index (χ2n) is 7.38. The van der Waals surface area contributed by atoms with Crippen LogP contribution in [0.15, 0.2) is 54.1 Å². The SMILES string of the molecule is CCCCNC(=O)C(C#N)=Cc1ccc(OC(=O)CCN2C(=O)c3ccccc3C2=O)cc1. The fourth-order valence-corrected chi connectivity index (χ4v) is 3.25. The number of nitriles is 1. The predicted molar refractivity (Wildman–Crippen MR) is 120 cm³/mol. The van der Waals surface area contributed by atoms with Gasteiger partial charge in [-0.05, 0) is 42.3 Å². The standard InChI is InChI=1S/C25H23N3O5/c1-2-3-13-27-23(30)18(16-26)15-17-8-10-19(11-9-17)33-22(29)12-14-28-24(31)20-6-4-5-7-21(20)25(28)32/h4-11,15H,2-3,12-14H2,1H3,(H,27,30). The van der Waals surface area contributed by atoms with Crippen molar-refractivity contribution in [2.75, 3.05) is 13.1 Å². The van der Waals surface area contributed by atoms with Crippen molar-refractivity contribution in [3.05, 3.63) is 70.8 Å². The average Bonchev–Trinajstić information content (AvgIpc) is 3.07. The van der Waals surface area contributed by atoms with Crippen LogP contribution in [-0.2, 0) is 9.59 Å². The van der Waals surface area contributed by atoms with Gasteiger partial charge in [0.25, 0.3) is 17.7 Å². The van der Waals surface area contributed by atoms with Crippen LogP contribution in [0.1, 0.15) is 52.5 Å². The van der Waals surface area contributed by atoms with E-state index in [4.69, 9.17) is 4.74 Å². The first-order valence-electron chi connectivity index (χ1n) is 10.6. The number of unbranched alkanes of at least 4 members (excludes halogenated alkanes) is 1. The fraction of sp³-hybridized carbons (Fsp3) is 0.240. The van der Waals surface area contributed by atoms with Crippen LogP contribution in [-0.4, -0.2) is 41.7 Å². The van der Waals surface area contributed by atoms with E-state index in [1.807, 2.05) is 13.0 Å². The van der Waals surface area contributed by atoms with Crippen LogP contribution in [0.5, 0.6) is 5.75 Å². The molecule has 2 aromatic carbocycles. The maximum atomic E-state index is 12.3. The summed E-state index contributed by atoms with van der Waals surface area (Å²) in [6.07, 6.45) is 3.07. The number of nitrogens with zero attached hydrogens (tertiary/aromatic N) is 2. The number of carbonyl (C=O) groups excluding carboxylic acids is 4. The van der Waals surface area contributed by atoms with Crippen molar-refractivity contribution in [3.8, 4) is 11.8 Å². The number of fused-ring (bicyclic) bond motifs is 1. The van der Waals surface area contributed by atoms with E-state index in [9.17, 15) is 24.4 Å². The molecule has 0 saturated carbocycles. The van der Waals surface area contributed by atoms with Crippen molar-refractivity contribution >= 4 is 29.8 Å². The van der Waals surface area contributed by atoms with Crippen LogP contribution in [0.4, 0.5) is 0 Å². The zero-order valence-corrected chi connectivity index (χ0v) is 18.2. The van der Waals surface area contributed by atoms with Crippen LogP contribution in [0.3, 0.4) is 0 Å². The zero-order chi connectivity index (χ0) is 23.8. The Bertz CT molecular complexity index is 1110. The van der Waals surface area contributed by atoms with E-state index >= 15 is 0 Å². The van der Waals surface area contributed by atoms with E-state index in [0.29, 0.717) is 23.2 Å². The Balaban J connectivity index is 1.54. The molecule has 0 radical (unpaired) electrons. The van der Waals surface area contributed by atoms with E-state index in [2.05, 4.69) is 5.32 Å². The van der Waals surface area contributed by atoms with Crippen molar-refractivity contribution in [1.82, 2.24) is 10.2 Å². The van der Waals surface area contributed by atoms with Gasteiger partial charge in [-0.2, -0.15) is 5.26 Å². The van der Waals surface area contributed by atoms with Crippen molar-refractivity contribution in [3.63, 3.8) is 0 Å². The summed E-state index contributed by atoms with van der Waals surface area (Å²) in [6, 6.07) is 14.7. The number of benzene rings is 2. The predicted octanol–water partition coefficient (Wildman–Crippen LogP) is 3.10. The molecule has 1 aliphatic rings. The monoisotopic (exact) mass is 445 g/mol. The Kier molecular flexibility index (Phi) is 7.71. The van der Waals surface area contributed by atoms with Gasteiger partial charge in [0.1, 0.15) is 17.4 Å². The normalized spacial score (nSPS) is 12.8. The maximum Gasteiger partial charge on any atom is 0.312 e. The summed E-state index contributed by atoms with van der Waals surface area (Å²) in [5.41, 5.74) is 1.24. The van der Waals surface area contributed by atoms with Gasteiger partial charge < -0.3 is 10.1 Å². The molecule has 1 N–H and O–H groups in total. The van der Waals surface area contributed by atoms with Crippen LogP contribution >= 0.6 is 0 Å². The van der Waals surface area contributed by atoms with Gasteiger partial charge in [-0.25, -0.2) is 0 Å². The molecule has 0 fully saturated rings. The summed E-state index contributed by atoms with van der Waals surface area (Å²) < 4.78 is 5.27. The molecule has 8 heteroatoms. The minimum Gasteiger partial charge on any atom is -0.426 e. The molecule has 0 unspecified atom stereocenters. The molecule has 0 aromatic heterocycles. The van der Waals surface area contributed by atoms with Gasteiger partial charge in [0.2, 0.25) is 0 Å². The molecule has 0 aliphatic carbocycles. The molecule has 0 spiro atoms. The number of hydrogen-bond donors (Lipinski definition) is 1. The number of rotatable bonds is 9. The number of hydrogen-bond acceptors (Lipinski definition) is 6. The zero-order valence-electron chi connectivity index (χ0n) is 18.2. The van der Waals surface area contributed by atoms with Gasteiger partial charge in [0.15, 0.2) is 0 Å². The number of ether oxygens (including phenoxy) is 1. The van der Waals surface area contributed by atoms with E-state index < -0.39 is 23.7 Å². The van der Waals surface area contributed by atoms with Crippen molar-refractivity contribution in [2.45, 2.75) is 26.2 Å². The Labute approximate surface area is 191 Å². The highest BCUT2D eigenvalue weighted by atomic mass is 16.5. The molecular weight excluding hydrogens is 422 g/mol. The first-order valence-corrected chi connectivity index (χ1v) is 10.6. The first kappa shape index (κ1) is 23.4. The van der Waals surface area contributed by atoms with Crippen molar-refractivity contribution in [2.24, 2.45) is 0 Å². The molecule has 1 aliphatic heterocycles. The van der Waals surface area contributed by atoms with E-state index in [0.717, 1.165) is 17.7 Å². The minimum atomic E-state index is -0.595. The van der Waals surface area contributed by atoms with Crippen LogP contribution in [0, 0.1) is 11.3 Å². The first-order chi connectivity index (χ1) is 15.9. The smallest absolute Gasteiger partial charge is 0.312 e. The third-order valence-electron chi connectivity index (χ3n) is 5.02. The fourth-order valence-electron chi connectivity index (χ4n) is 3.25. The van der Waals surface area contributed by atoms with Gasteiger partial charge in [-0.15, -0.1) is 0 Å². The molecule has 33 heavy (non-hydrogen) atoms. The van der Waals surface area contributed by atoms with E-state index in [-0.39, 0.29) is 24.3 Å². The lowest BCUT2D eigenvalue weighted by atomic mass is 10.1. The van der Waals surface area contributed by atoms with Crippen LogP contribution < -0.4 is 10.1 Å². The molecule has 0 atom stereocenters. The highest BCUT2D eigenvalue weighted by Crippen LogP contribution is 2.22. The van der Waals surface area contributed by atoms with Crippen molar-refractivity contribution < 1.29 is 23.9 Å². The molecule has 2 aromatic rings. The Morgan fingerprint density at radius 1 is 1.06 bits per heavy atom. The lowest BCUT2D eigenvalue weighted by molar-refractivity contribution is -0.134. The maximum absolute atomic E-state index is 12.3. The summed E-state index contributed by atoms with van der Waals surface area (Å²) in [5, 5.41) is 11.9. The number of nitrogens with one attached hydrogen (secondary N) is 1. The van der Waals surface area contributed by atoms with Gasteiger partial charge in [-0.1, -0.05) is 37.6 Å². The van der Waals surface area contributed by atoms with Gasteiger partial charge in [0.05, 0.1) is 17.5 Å². The second kappa shape index (κ2) is 10.9. The van der Waals surface area contributed by atoms with Gasteiger partial charge in [0, 0.05) is 13.1 Å². The van der Waals surface area contributed by atoms with Gasteiger partial charge in [-0.3, -0.25) is 24.1 Å². The quantitative estimate of drug-likeness (QED) is 0.158. The highest BCUT2D eigenvalue weighted by molar-refractivity contribution is 6.21. The number of amides is 3. The summed E-state index contributed by atoms with van der Waals surface area (Å²) in [6.45, 7) is 2.43. The molecule has 3 rings (SSSR count). The van der Waals surface area contributed by atoms with Crippen molar-refractivity contribution in [1.29, 1.82) is 5.26 Å².